The van der Waals surface area contributed by atoms with Gasteiger partial charge >= 0.3 is 5.97 Å². The van der Waals surface area contributed by atoms with Crippen molar-refractivity contribution in [3.05, 3.63) is 18.2 Å². The summed E-state index contributed by atoms with van der Waals surface area (Å²) in [5.74, 6) is -2.03. The summed E-state index contributed by atoms with van der Waals surface area (Å²) in [6, 6.07) is -2.94. The number of imidazole rings is 1. The molecule has 0 aliphatic rings. The molecule has 3 amide bonds. The van der Waals surface area contributed by atoms with Crippen LogP contribution in [0.1, 0.15) is 59.6 Å². The molecule has 1 rings (SSSR count). The topological polar surface area (TPSA) is 153 Å². The Morgan fingerprint density at radius 2 is 1.61 bits per heavy atom. The molecule has 1 heterocycles. The van der Waals surface area contributed by atoms with Crippen LogP contribution >= 0.6 is 0 Å². The van der Waals surface area contributed by atoms with E-state index in [1.165, 1.54) is 19.4 Å². The van der Waals surface area contributed by atoms with E-state index < -0.39 is 35.9 Å². The summed E-state index contributed by atoms with van der Waals surface area (Å²) in [5.41, 5.74) is 0.602. The number of carbonyl (C=O) groups excluding carboxylic acids is 3. The first kappa shape index (κ1) is 26.1. The molecule has 0 aliphatic heterocycles. The monoisotopic (exact) mass is 437 g/mol. The zero-order chi connectivity index (χ0) is 23.6. The summed E-state index contributed by atoms with van der Waals surface area (Å²) in [4.78, 5) is 55.8. The molecule has 0 fully saturated rings. The second-order valence-corrected chi connectivity index (χ2v) is 8.59. The molecule has 0 saturated carbocycles. The largest absolute Gasteiger partial charge is 0.480 e. The van der Waals surface area contributed by atoms with Crippen molar-refractivity contribution in [2.24, 2.45) is 11.8 Å². The molecule has 0 aromatic carbocycles. The van der Waals surface area contributed by atoms with Crippen LogP contribution in [-0.4, -0.2) is 56.9 Å². The van der Waals surface area contributed by atoms with E-state index in [-0.39, 0.29) is 18.2 Å². The highest BCUT2D eigenvalue weighted by Crippen LogP contribution is 2.09. The third-order valence-corrected chi connectivity index (χ3v) is 4.65. The van der Waals surface area contributed by atoms with E-state index in [0.29, 0.717) is 30.9 Å². The Labute approximate surface area is 183 Å². The van der Waals surface area contributed by atoms with E-state index in [1.807, 2.05) is 27.7 Å². The van der Waals surface area contributed by atoms with Gasteiger partial charge in [0.05, 0.1) is 6.33 Å². The van der Waals surface area contributed by atoms with Crippen molar-refractivity contribution in [1.29, 1.82) is 0 Å². The van der Waals surface area contributed by atoms with Crippen LogP contribution in [0.2, 0.25) is 0 Å². The van der Waals surface area contributed by atoms with E-state index in [4.69, 9.17) is 5.11 Å². The van der Waals surface area contributed by atoms with Crippen LogP contribution in [0.15, 0.2) is 12.5 Å². The fourth-order valence-electron chi connectivity index (χ4n) is 2.86. The summed E-state index contributed by atoms with van der Waals surface area (Å²) < 4.78 is 0. The Bertz CT molecular complexity index is 733. The lowest BCUT2D eigenvalue weighted by Gasteiger charge is -2.24. The second-order valence-electron chi connectivity index (χ2n) is 8.59. The second kappa shape index (κ2) is 12.7. The van der Waals surface area contributed by atoms with Gasteiger partial charge in [-0.3, -0.25) is 19.2 Å². The predicted octanol–water partition coefficient (Wildman–Crippen LogP) is 0.993. The van der Waals surface area contributed by atoms with E-state index in [9.17, 15) is 19.2 Å². The highest BCUT2D eigenvalue weighted by atomic mass is 16.4. The number of aliphatic carboxylic acids is 1. The molecule has 5 N–H and O–H groups in total. The van der Waals surface area contributed by atoms with Crippen molar-refractivity contribution in [2.45, 2.75) is 78.4 Å². The van der Waals surface area contributed by atoms with Crippen LogP contribution < -0.4 is 16.0 Å². The number of hydrogen-bond donors (Lipinski definition) is 5. The van der Waals surface area contributed by atoms with Crippen LogP contribution in [0, 0.1) is 11.8 Å². The van der Waals surface area contributed by atoms with E-state index >= 15 is 0 Å². The average Bonchev–Trinajstić information content (AvgIpc) is 3.17. The van der Waals surface area contributed by atoms with Crippen LogP contribution in [0.3, 0.4) is 0 Å². The van der Waals surface area contributed by atoms with Gasteiger partial charge in [-0.25, -0.2) is 4.98 Å². The average molecular weight is 438 g/mol. The van der Waals surface area contributed by atoms with Crippen molar-refractivity contribution in [2.75, 3.05) is 0 Å². The van der Waals surface area contributed by atoms with Crippen LogP contribution in [0.25, 0.3) is 0 Å². The molecule has 3 atom stereocenters. The van der Waals surface area contributed by atoms with Gasteiger partial charge < -0.3 is 26.0 Å². The summed E-state index contributed by atoms with van der Waals surface area (Å²) in [6.45, 7) is 9.24. The minimum Gasteiger partial charge on any atom is -0.480 e. The fourth-order valence-corrected chi connectivity index (χ4v) is 2.86. The first-order chi connectivity index (χ1) is 14.5. The number of aromatic amines is 1. The molecule has 0 radical (unpaired) electrons. The van der Waals surface area contributed by atoms with Crippen LogP contribution in [0.4, 0.5) is 0 Å². The Morgan fingerprint density at radius 3 is 2.13 bits per heavy atom. The van der Waals surface area contributed by atoms with Gasteiger partial charge in [0, 0.05) is 24.7 Å². The number of nitrogens with one attached hydrogen (secondary N) is 4. The molecular formula is C21H35N5O5. The van der Waals surface area contributed by atoms with E-state index in [2.05, 4.69) is 25.9 Å². The number of amides is 3. The predicted molar refractivity (Wildman–Crippen MR) is 115 cm³/mol. The Morgan fingerprint density at radius 1 is 0.968 bits per heavy atom. The zero-order valence-electron chi connectivity index (χ0n) is 18.9. The third kappa shape index (κ3) is 10.1. The summed E-state index contributed by atoms with van der Waals surface area (Å²) >= 11 is 0. The standard InChI is InChI=1S/C21H35N5O5/c1-12(2)6-7-18(27)25-16(8-13(3)4)20(29)26-17(9-15-10-22-11-23-15)19(28)24-14(5)21(30)31/h10-14,16-17H,6-9H2,1-5H3,(H,22,23)(H,24,28)(H,25,27)(H,26,29)(H,30,31)/t14-,16-,17-/m0/s1. The first-order valence-electron chi connectivity index (χ1n) is 10.6. The Balaban J connectivity index is 2.92. The number of carboxylic acid groups (broad SMARTS) is 1. The number of H-pyrrole nitrogens is 1. The SMILES string of the molecule is CC(C)CCC(=O)N[C@@H](CC(C)C)C(=O)N[C@@H](Cc1cnc[nH]1)C(=O)N[C@@H](C)C(=O)O. The van der Waals surface area contributed by atoms with E-state index in [0.717, 1.165) is 0 Å². The minimum atomic E-state index is -1.19. The van der Waals surface area contributed by atoms with Crippen molar-refractivity contribution in [3.8, 4) is 0 Å². The lowest BCUT2D eigenvalue weighted by Crippen LogP contribution is -2.56. The number of carboxylic acids is 1. The molecule has 10 nitrogen and oxygen atoms in total. The van der Waals surface area contributed by atoms with Gasteiger partial charge in [0.25, 0.3) is 0 Å². The Kier molecular flexibility index (Phi) is 10.7. The van der Waals surface area contributed by atoms with Crippen molar-refractivity contribution in [1.82, 2.24) is 25.9 Å². The molecule has 31 heavy (non-hydrogen) atoms. The molecule has 1 aromatic heterocycles. The zero-order valence-corrected chi connectivity index (χ0v) is 18.9. The van der Waals surface area contributed by atoms with Crippen molar-refractivity contribution in [3.63, 3.8) is 0 Å². The first-order valence-corrected chi connectivity index (χ1v) is 10.6. The van der Waals surface area contributed by atoms with Gasteiger partial charge in [0.1, 0.15) is 18.1 Å². The molecule has 0 aliphatic carbocycles. The molecule has 0 bridgehead atoms. The molecular weight excluding hydrogens is 402 g/mol. The van der Waals surface area contributed by atoms with Crippen LogP contribution in [0.5, 0.6) is 0 Å². The van der Waals surface area contributed by atoms with Crippen LogP contribution in [-0.2, 0) is 25.6 Å². The lowest BCUT2D eigenvalue weighted by atomic mass is 10.0. The smallest absolute Gasteiger partial charge is 0.325 e. The van der Waals surface area contributed by atoms with Gasteiger partial charge in [-0.2, -0.15) is 0 Å². The molecule has 0 saturated heterocycles. The Hall–Kier alpha value is -2.91. The lowest BCUT2D eigenvalue weighted by molar-refractivity contribution is -0.141. The number of nitrogens with zero attached hydrogens (tertiary/aromatic N) is 1. The fraction of sp³-hybridized carbons (Fsp3) is 0.667. The molecule has 1 aromatic rings. The molecule has 0 spiro atoms. The highest BCUT2D eigenvalue weighted by molar-refractivity contribution is 5.93. The molecule has 0 unspecified atom stereocenters. The normalized spacial score (nSPS) is 14.0. The number of carbonyl (C=O) groups is 4. The molecule has 10 heteroatoms. The number of rotatable bonds is 13. The highest BCUT2D eigenvalue weighted by Gasteiger charge is 2.29. The van der Waals surface area contributed by atoms with Gasteiger partial charge in [-0.1, -0.05) is 27.7 Å². The minimum absolute atomic E-state index is 0.0968. The van der Waals surface area contributed by atoms with Gasteiger partial charge in [0.2, 0.25) is 17.7 Å². The molecule has 174 valence electrons. The maximum Gasteiger partial charge on any atom is 0.325 e. The number of aromatic nitrogens is 2. The van der Waals surface area contributed by atoms with Crippen molar-refractivity contribution >= 4 is 23.7 Å². The maximum atomic E-state index is 13.0. The maximum absolute atomic E-state index is 13.0. The summed E-state index contributed by atoms with van der Waals surface area (Å²) in [6.07, 6.45) is 4.49. The summed E-state index contributed by atoms with van der Waals surface area (Å²) in [7, 11) is 0. The van der Waals surface area contributed by atoms with Crippen molar-refractivity contribution < 1.29 is 24.3 Å². The number of hydrogen-bond acceptors (Lipinski definition) is 5. The summed E-state index contributed by atoms with van der Waals surface area (Å²) in [5, 5.41) is 16.9. The van der Waals surface area contributed by atoms with E-state index in [1.54, 1.807) is 0 Å². The quantitative estimate of drug-likeness (QED) is 0.310. The van der Waals surface area contributed by atoms with Gasteiger partial charge in [0.15, 0.2) is 0 Å². The third-order valence-electron chi connectivity index (χ3n) is 4.65. The van der Waals surface area contributed by atoms with Gasteiger partial charge in [-0.15, -0.1) is 0 Å². The van der Waals surface area contributed by atoms with Gasteiger partial charge in [-0.05, 0) is 31.6 Å².